The minimum absolute atomic E-state index is 0.304. The molecule has 1 aliphatic heterocycles. The molecule has 1 saturated heterocycles. The molecule has 0 amide bonds. The molecule has 1 atom stereocenters. The standard InChI is InChI=1S/C16H22N4OS/c1-17-16-8-13(4-5-18-16)2-3-15-10-20(6-7-21-15)9-14-11-22-12-19-14/h4-5,8,11-12,15H,2-3,6-7,9-10H2,1H3,(H,17,18)/t15-/m0/s1. The van der Waals surface area contributed by atoms with Gasteiger partial charge in [0.2, 0.25) is 0 Å². The smallest absolute Gasteiger partial charge is 0.125 e. The Kier molecular flexibility index (Phi) is 5.37. The third kappa shape index (κ3) is 4.25. The lowest BCUT2D eigenvalue weighted by molar-refractivity contribution is -0.0348. The van der Waals surface area contributed by atoms with E-state index in [4.69, 9.17) is 4.74 Å². The van der Waals surface area contributed by atoms with Gasteiger partial charge in [0.1, 0.15) is 5.82 Å². The number of hydrogen-bond acceptors (Lipinski definition) is 6. The van der Waals surface area contributed by atoms with Crippen molar-refractivity contribution in [2.45, 2.75) is 25.5 Å². The van der Waals surface area contributed by atoms with Crippen molar-refractivity contribution in [2.75, 3.05) is 32.1 Å². The summed E-state index contributed by atoms with van der Waals surface area (Å²) in [5, 5.41) is 5.21. The predicted molar refractivity (Wildman–Crippen MR) is 89.2 cm³/mol. The van der Waals surface area contributed by atoms with Crippen molar-refractivity contribution in [3.63, 3.8) is 0 Å². The van der Waals surface area contributed by atoms with Gasteiger partial charge in [-0.15, -0.1) is 11.3 Å². The molecule has 0 aliphatic carbocycles. The first-order valence-electron chi connectivity index (χ1n) is 7.67. The molecule has 1 aliphatic rings. The fraction of sp³-hybridized carbons (Fsp3) is 0.500. The van der Waals surface area contributed by atoms with Gasteiger partial charge >= 0.3 is 0 Å². The molecule has 2 aromatic heterocycles. The van der Waals surface area contributed by atoms with Crippen molar-refractivity contribution < 1.29 is 4.74 Å². The van der Waals surface area contributed by atoms with Crippen molar-refractivity contribution in [3.8, 4) is 0 Å². The maximum Gasteiger partial charge on any atom is 0.125 e. The van der Waals surface area contributed by atoms with Crippen LogP contribution in [-0.2, 0) is 17.7 Å². The van der Waals surface area contributed by atoms with E-state index < -0.39 is 0 Å². The van der Waals surface area contributed by atoms with Crippen LogP contribution in [0.3, 0.4) is 0 Å². The highest BCUT2D eigenvalue weighted by molar-refractivity contribution is 7.07. The summed E-state index contributed by atoms with van der Waals surface area (Å²) in [4.78, 5) is 11.1. The van der Waals surface area contributed by atoms with E-state index in [1.807, 2.05) is 18.8 Å². The molecule has 0 unspecified atom stereocenters. The molecule has 118 valence electrons. The van der Waals surface area contributed by atoms with E-state index >= 15 is 0 Å². The van der Waals surface area contributed by atoms with Crippen molar-refractivity contribution >= 4 is 17.2 Å². The van der Waals surface area contributed by atoms with Crippen molar-refractivity contribution in [1.82, 2.24) is 14.9 Å². The Bertz CT molecular complexity index is 575. The maximum atomic E-state index is 5.91. The highest BCUT2D eigenvalue weighted by atomic mass is 32.1. The fourth-order valence-corrected chi connectivity index (χ4v) is 3.29. The summed E-state index contributed by atoms with van der Waals surface area (Å²) in [6.07, 6.45) is 4.23. The highest BCUT2D eigenvalue weighted by Crippen LogP contribution is 2.16. The molecule has 22 heavy (non-hydrogen) atoms. The zero-order valence-electron chi connectivity index (χ0n) is 12.9. The molecule has 1 N–H and O–H groups in total. The Morgan fingerprint density at radius 3 is 3.23 bits per heavy atom. The number of anilines is 1. The van der Waals surface area contributed by atoms with E-state index in [0.29, 0.717) is 6.10 Å². The van der Waals surface area contributed by atoms with Crippen LogP contribution >= 0.6 is 11.3 Å². The number of aromatic nitrogens is 2. The molecular weight excluding hydrogens is 296 g/mol. The number of nitrogens with one attached hydrogen (secondary N) is 1. The fourth-order valence-electron chi connectivity index (χ4n) is 2.74. The van der Waals surface area contributed by atoms with E-state index in [1.165, 1.54) is 11.3 Å². The third-order valence-electron chi connectivity index (χ3n) is 3.93. The summed E-state index contributed by atoms with van der Waals surface area (Å²) in [6.45, 7) is 3.73. The van der Waals surface area contributed by atoms with Crippen LogP contribution in [-0.4, -0.2) is 47.7 Å². The Morgan fingerprint density at radius 2 is 2.41 bits per heavy atom. The SMILES string of the molecule is CNc1cc(CC[C@H]2CN(Cc3cscn3)CCO2)ccn1. The van der Waals surface area contributed by atoms with Gasteiger partial charge in [-0.05, 0) is 30.5 Å². The Hall–Kier alpha value is -1.50. The Balaban J connectivity index is 1.49. The molecule has 0 radical (unpaired) electrons. The summed E-state index contributed by atoms with van der Waals surface area (Å²) in [7, 11) is 1.90. The number of nitrogens with zero attached hydrogens (tertiary/aromatic N) is 3. The molecule has 3 heterocycles. The average molecular weight is 318 g/mol. The summed E-state index contributed by atoms with van der Waals surface area (Å²) < 4.78 is 5.91. The van der Waals surface area contributed by atoms with Gasteiger partial charge < -0.3 is 10.1 Å². The first-order valence-corrected chi connectivity index (χ1v) is 8.61. The summed E-state index contributed by atoms with van der Waals surface area (Å²) in [5.41, 5.74) is 4.37. The maximum absolute atomic E-state index is 5.91. The highest BCUT2D eigenvalue weighted by Gasteiger charge is 2.20. The number of hydrogen-bond donors (Lipinski definition) is 1. The largest absolute Gasteiger partial charge is 0.376 e. The average Bonchev–Trinajstić information content (AvgIpc) is 3.06. The van der Waals surface area contributed by atoms with Crippen LogP contribution in [0.1, 0.15) is 17.7 Å². The molecule has 1 fully saturated rings. The van der Waals surface area contributed by atoms with E-state index in [2.05, 4.69) is 37.7 Å². The van der Waals surface area contributed by atoms with Crippen LogP contribution < -0.4 is 5.32 Å². The lowest BCUT2D eigenvalue weighted by atomic mass is 10.1. The molecule has 0 spiro atoms. The number of morpholine rings is 1. The zero-order valence-corrected chi connectivity index (χ0v) is 13.7. The van der Waals surface area contributed by atoms with Gasteiger partial charge in [0.15, 0.2) is 0 Å². The molecule has 2 aromatic rings. The normalized spacial score (nSPS) is 19.2. The van der Waals surface area contributed by atoms with E-state index in [1.54, 1.807) is 11.3 Å². The van der Waals surface area contributed by atoms with Crippen LogP contribution in [0.15, 0.2) is 29.2 Å². The molecule has 6 heteroatoms. The molecule has 0 aromatic carbocycles. The summed E-state index contributed by atoms with van der Waals surface area (Å²) in [6, 6.07) is 4.19. The minimum atomic E-state index is 0.304. The monoisotopic (exact) mass is 318 g/mol. The predicted octanol–water partition coefficient (Wildman–Crippen LogP) is 2.41. The second-order valence-corrected chi connectivity index (χ2v) is 6.26. The van der Waals surface area contributed by atoms with Crippen LogP contribution in [0.25, 0.3) is 0 Å². The lowest BCUT2D eigenvalue weighted by Crippen LogP contribution is -2.42. The second-order valence-electron chi connectivity index (χ2n) is 5.55. The van der Waals surface area contributed by atoms with Crippen LogP contribution in [0.4, 0.5) is 5.82 Å². The molecule has 0 saturated carbocycles. The third-order valence-corrected chi connectivity index (χ3v) is 4.56. The van der Waals surface area contributed by atoms with Crippen molar-refractivity contribution in [1.29, 1.82) is 0 Å². The van der Waals surface area contributed by atoms with Gasteiger partial charge in [-0.2, -0.15) is 0 Å². The van der Waals surface area contributed by atoms with Crippen molar-refractivity contribution in [2.24, 2.45) is 0 Å². The van der Waals surface area contributed by atoms with Crippen LogP contribution in [0.5, 0.6) is 0 Å². The van der Waals surface area contributed by atoms with Gasteiger partial charge in [-0.3, -0.25) is 4.90 Å². The second kappa shape index (κ2) is 7.67. The van der Waals surface area contributed by atoms with Gasteiger partial charge in [-0.1, -0.05) is 0 Å². The van der Waals surface area contributed by atoms with Gasteiger partial charge in [0, 0.05) is 38.3 Å². The molecule has 3 rings (SSSR count). The zero-order chi connectivity index (χ0) is 15.2. The number of aryl methyl sites for hydroxylation is 1. The Labute approximate surface area is 135 Å². The summed E-state index contributed by atoms with van der Waals surface area (Å²) >= 11 is 1.66. The molecule has 5 nitrogen and oxygen atoms in total. The first-order chi connectivity index (χ1) is 10.8. The van der Waals surface area contributed by atoms with Crippen molar-refractivity contribution in [3.05, 3.63) is 40.5 Å². The number of thiazole rings is 1. The molecular formula is C16H22N4OS. The van der Waals surface area contributed by atoms with E-state index in [-0.39, 0.29) is 0 Å². The van der Waals surface area contributed by atoms with Crippen LogP contribution in [0, 0.1) is 0 Å². The number of ether oxygens (including phenoxy) is 1. The number of pyridine rings is 1. The lowest BCUT2D eigenvalue weighted by Gasteiger charge is -2.32. The number of rotatable bonds is 6. The van der Waals surface area contributed by atoms with Gasteiger partial charge in [0.25, 0.3) is 0 Å². The summed E-state index contributed by atoms with van der Waals surface area (Å²) in [5.74, 6) is 0.923. The minimum Gasteiger partial charge on any atom is -0.376 e. The van der Waals surface area contributed by atoms with E-state index in [9.17, 15) is 0 Å². The Morgan fingerprint density at radius 1 is 1.45 bits per heavy atom. The van der Waals surface area contributed by atoms with Crippen LogP contribution in [0.2, 0.25) is 0 Å². The molecule has 0 bridgehead atoms. The van der Waals surface area contributed by atoms with E-state index in [0.717, 1.165) is 44.9 Å². The first kappa shape index (κ1) is 15.4. The quantitative estimate of drug-likeness (QED) is 0.886. The van der Waals surface area contributed by atoms with Gasteiger partial charge in [0.05, 0.1) is 23.9 Å². The van der Waals surface area contributed by atoms with Gasteiger partial charge in [-0.25, -0.2) is 9.97 Å². The topological polar surface area (TPSA) is 50.3 Å².